The highest BCUT2D eigenvalue weighted by Gasteiger charge is 2.46. The number of likely N-dealkylation sites (tertiary alicyclic amines) is 1. The Balaban J connectivity index is 1.75. The SMILES string of the molecule is Cc1ccc(C(C)(C)N2CCC(CCc3cccs3)(C(C)O)C2)cn1. The van der Waals surface area contributed by atoms with Gasteiger partial charge in [-0.1, -0.05) is 12.1 Å². The van der Waals surface area contributed by atoms with Crippen LogP contribution in [0.15, 0.2) is 35.8 Å². The minimum Gasteiger partial charge on any atom is -0.393 e. The molecule has 1 aliphatic heterocycles. The van der Waals surface area contributed by atoms with Crippen molar-refractivity contribution >= 4 is 11.3 Å². The lowest BCUT2D eigenvalue weighted by Crippen LogP contribution is -2.44. The predicted molar refractivity (Wildman–Crippen MR) is 105 cm³/mol. The van der Waals surface area contributed by atoms with Crippen LogP contribution in [0.1, 0.15) is 49.7 Å². The second-order valence-corrected chi connectivity index (χ2v) is 9.07. The van der Waals surface area contributed by atoms with Crippen LogP contribution in [-0.2, 0) is 12.0 Å². The zero-order valence-corrected chi connectivity index (χ0v) is 16.6. The number of aliphatic hydroxyl groups is 1. The number of aliphatic hydroxyl groups excluding tert-OH is 1. The van der Waals surface area contributed by atoms with E-state index < -0.39 is 0 Å². The molecule has 4 heteroatoms. The summed E-state index contributed by atoms with van der Waals surface area (Å²) in [7, 11) is 0. The van der Waals surface area contributed by atoms with E-state index in [-0.39, 0.29) is 17.1 Å². The van der Waals surface area contributed by atoms with Crippen LogP contribution in [-0.4, -0.2) is 34.2 Å². The van der Waals surface area contributed by atoms with E-state index in [1.165, 1.54) is 10.4 Å². The van der Waals surface area contributed by atoms with Crippen LogP contribution in [0.2, 0.25) is 0 Å². The molecular formula is C21H30N2OS. The molecule has 3 rings (SSSR count). The van der Waals surface area contributed by atoms with Crippen LogP contribution in [0, 0.1) is 12.3 Å². The zero-order valence-electron chi connectivity index (χ0n) is 15.8. The monoisotopic (exact) mass is 358 g/mol. The molecule has 1 saturated heterocycles. The number of aryl methyl sites for hydroxylation is 2. The molecule has 0 bridgehead atoms. The highest BCUT2D eigenvalue weighted by Crippen LogP contribution is 2.43. The van der Waals surface area contributed by atoms with Crippen LogP contribution in [0.4, 0.5) is 0 Å². The minimum absolute atomic E-state index is 0.0145. The topological polar surface area (TPSA) is 36.4 Å². The number of hydrogen-bond donors (Lipinski definition) is 1. The number of rotatable bonds is 6. The highest BCUT2D eigenvalue weighted by atomic mass is 32.1. The summed E-state index contributed by atoms with van der Waals surface area (Å²) in [5, 5.41) is 12.7. The van der Waals surface area contributed by atoms with E-state index in [1.54, 1.807) is 0 Å². The van der Waals surface area contributed by atoms with Crippen LogP contribution >= 0.6 is 11.3 Å². The molecule has 2 unspecified atom stereocenters. The summed E-state index contributed by atoms with van der Waals surface area (Å²) in [6.07, 6.45) is 4.87. The van der Waals surface area contributed by atoms with Crippen LogP contribution in [0.3, 0.4) is 0 Å². The van der Waals surface area contributed by atoms with Crippen LogP contribution in [0.5, 0.6) is 0 Å². The Kier molecular flexibility index (Phi) is 5.33. The molecule has 1 N–H and O–H groups in total. The van der Waals surface area contributed by atoms with E-state index in [9.17, 15) is 5.11 Å². The third-order valence-electron chi connectivity index (χ3n) is 6.13. The van der Waals surface area contributed by atoms with Crippen molar-refractivity contribution in [2.24, 2.45) is 5.41 Å². The largest absolute Gasteiger partial charge is 0.393 e. The zero-order chi connectivity index (χ0) is 18.1. The molecule has 1 aliphatic rings. The van der Waals surface area contributed by atoms with Gasteiger partial charge in [0, 0.05) is 34.3 Å². The Bertz CT molecular complexity index is 678. The van der Waals surface area contributed by atoms with Crippen molar-refractivity contribution in [3.63, 3.8) is 0 Å². The first-order chi connectivity index (χ1) is 11.8. The molecule has 0 spiro atoms. The maximum atomic E-state index is 10.6. The van der Waals surface area contributed by atoms with Gasteiger partial charge in [0.2, 0.25) is 0 Å². The number of pyridine rings is 1. The predicted octanol–water partition coefficient (Wildman–Crippen LogP) is 4.39. The number of nitrogens with zero attached hydrogens (tertiary/aromatic N) is 2. The lowest BCUT2D eigenvalue weighted by Gasteiger charge is -2.39. The molecule has 136 valence electrons. The first kappa shape index (κ1) is 18.6. The van der Waals surface area contributed by atoms with E-state index in [1.807, 2.05) is 31.4 Å². The van der Waals surface area contributed by atoms with Gasteiger partial charge in [-0.05, 0) is 76.6 Å². The Morgan fingerprint density at radius 2 is 2.16 bits per heavy atom. The summed E-state index contributed by atoms with van der Waals surface area (Å²) in [6, 6.07) is 8.60. The molecule has 3 heterocycles. The number of aromatic nitrogens is 1. The molecule has 2 atom stereocenters. The van der Waals surface area contributed by atoms with Gasteiger partial charge in [0.05, 0.1) is 6.10 Å². The first-order valence-electron chi connectivity index (χ1n) is 9.22. The fraction of sp³-hybridized carbons (Fsp3) is 0.571. The van der Waals surface area contributed by atoms with E-state index in [0.717, 1.165) is 38.0 Å². The van der Waals surface area contributed by atoms with Crippen molar-refractivity contribution in [3.8, 4) is 0 Å². The van der Waals surface area contributed by atoms with Gasteiger partial charge in [-0.15, -0.1) is 11.3 Å². The molecule has 0 saturated carbocycles. The van der Waals surface area contributed by atoms with Gasteiger partial charge in [0.25, 0.3) is 0 Å². The van der Waals surface area contributed by atoms with Crippen molar-refractivity contribution < 1.29 is 5.11 Å². The Labute approximate surface area is 155 Å². The Hall–Kier alpha value is -1.23. The van der Waals surface area contributed by atoms with Crippen molar-refractivity contribution in [2.75, 3.05) is 13.1 Å². The average molecular weight is 359 g/mol. The normalized spacial score (nSPS) is 23.1. The quantitative estimate of drug-likeness (QED) is 0.832. The van der Waals surface area contributed by atoms with Gasteiger partial charge in [-0.2, -0.15) is 0 Å². The molecule has 0 radical (unpaired) electrons. The summed E-state index contributed by atoms with van der Waals surface area (Å²) < 4.78 is 0. The molecule has 3 nitrogen and oxygen atoms in total. The molecule has 0 amide bonds. The molecule has 2 aromatic rings. The minimum atomic E-state index is -0.288. The van der Waals surface area contributed by atoms with Crippen molar-refractivity contribution in [3.05, 3.63) is 52.0 Å². The van der Waals surface area contributed by atoms with Gasteiger partial charge < -0.3 is 5.11 Å². The maximum Gasteiger partial charge on any atom is 0.0581 e. The van der Waals surface area contributed by atoms with Crippen molar-refractivity contribution in [1.82, 2.24) is 9.88 Å². The second-order valence-electron chi connectivity index (χ2n) is 8.04. The molecule has 25 heavy (non-hydrogen) atoms. The smallest absolute Gasteiger partial charge is 0.0581 e. The Morgan fingerprint density at radius 3 is 2.76 bits per heavy atom. The third kappa shape index (κ3) is 3.81. The average Bonchev–Trinajstić information content (AvgIpc) is 3.24. The van der Waals surface area contributed by atoms with Gasteiger partial charge in [-0.25, -0.2) is 0 Å². The summed E-state index contributed by atoms with van der Waals surface area (Å²) in [6.45, 7) is 10.5. The van der Waals surface area contributed by atoms with Gasteiger partial charge >= 0.3 is 0 Å². The van der Waals surface area contributed by atoms with E-state index in [2.05, 4.69) is 53.4 Å². The van der Waals surface area contributed by atoms with E-state index in [4.69, 9.17) is 0 Å². The van der Waals surface area contributed by atoms with Gasteiger partial charge in [-0.3, -0.25) is 9.88 Å². The van der Waals surface area contributed by atoms with Crippen molar-refractivity contribution in [1.29, 1.82) is 0 Å². The van der Waals surface area contributed by atoms with Gasteiger partial charge in [0.1, 0.15) is 0 Å². The molecular weight excluding hydrogens is 328 g/mol. The number of thiophene rings is 1. The van der Waals surface area contributed by atoms with Crippen molar-refractivity contribution in [2.45, 2.75) is 58.6 Å². The fourth-order valence-corrected chi connectivity index (χ4v) is 4.68. The third-order valence-corrected chi connectivity index (χ3v) is 7.07. The fourth-order valence-electron chi connectivity index (χ4n) is 3.97. The van der Waals surface area contributed by atoms with Crippen LogP contribution in [0.25, 0.3) is 0 Å². The summed E-state index contributed by atoms with van der Waals surface area (Å²) in [5.74, 6) is 0. The summed E-state index contributed by atoms with van der Waals surface area (Å²) in [4.78, 5) is 8.43. The number of hydrogen-bond acceptors (Lipinski definition) is 4. The maximum absolute atomic E-state index is 10.6. The summed E-state index contributed by atoms with van der Waals surface area (Å²) >= 11 is 1.82. The molecule has 2 aromatic heterocycles. The molecule has 0 aromatic carbocycles. The first-order valence-corrected chi connectivity index (χ1v) is 10.1. The van der Waals surface area contributed by atoms with Gasteiger partial charge in [0.15, 0.2) is 0 Å². The summed E-state index contributed by atoms with van der Waals surface area (Å²) in [5.41, 5.74) is 2.22. The van der Waals surface area contributed by atoms with Crippen LogP contribution < -0.4 is 0 Å². The highest BCUT2D eigenvalue weighted by molar-refractivity contribution is 7.09. The second kappa shape index (κ2) is 7.18. The lowest BCUT2D eigenvalue weighted by molar-refractivity contribution is 0.0260. The molecule has 0 aliphatic carbocycles. The van der Waals surface area contributed by atoms with E-state index >= 15 is 0 Å². The Morgan fingerprint density at radius 1 is 1.36 bits per heavy atom. The lowest BCUT2D eigenvalue weighted by atomic mass is 9.77. The van der Waals surface area contributed by atoms with E-state index in [0.29, 0.717) is 0 Å². The molecule has 1 fully saturated rings. The standard InChI is InChI=1S/C21H30N2OS/c1-16-7-8-18(14-22-16)20(3,4)23-12-11-21(15-23,17(2)24)10-9-19-6-5-13-25-19/h5-8,13-14,17,24H,9-12,15H2,1-4H3.